The average molecular weight is 291 g/mol. The molecule has 1 aromatic heterocycles. The number of rotatable bonds is 5. The lowest BCUT2D eigenvalue weighted by Gasteiger charge is -2.08. The van der Waals surface area contributed by atoms with E-state index >= 15 is 0 Å². The summed E-state index contributed by atoms with van der Waals surface area (Å²) in [5.74, 6) is 0. The minimum Gasteiger partial charge on any atom is -0.278 e. The molecule has 0 spiro atoms. The number of hydrogen-bond donors (Lipinski definition) is 1. The van der Waals surface area contributed by atoms with Crippen LogP contribution in [0.25, 0.3) is 0 Å². The highest BCUT2D eigenvalue weighted by molar-refractivity contribution is 6.00. The van der Waals surface area contributed by atoms with Crippen molar-refractivity contribution in [2.24, 2.45) is 5.10 Å². The van der Waals surface area contributed by atoms with Crippen LogP contribution < -0.4 is 5.43 Å². The van der Waals surface area contributed by atoms with Crippen LogP contribution in [0, 0.1) is 6.92 Å². The van der Waals surface area contributed by atoms with E-state index in [1.165, 1.54) is 11.9 Å². The van der Waals surface area contributed by atoms with Crippen LogP contribution in [0.15, 0.2) is 72.4 Å². The van der Waals surface area contributed by atoms with Crippen LogP contribution in [-0.2, 0) is 6.54 Å². The van der Waals surface area contributed by atoms with E-state index in [1.54, 1.807) is 11.0 Å². The predicted molar refractivity (Wildman–Crippen MR) is 87.8 cm³/mol. The van der Waals surface area contributed by atoms with Crippen molar-refractivity contribution < 1.29 is 0 Å². The van der Waals surface area contributed by atoms with Gasteiger partial charge in [-0.25, -0.2) is 9.67 Å². The fourth-order valence-electron chi connectivity index (χ4n) is 2.05. The summed E-state index contributed by atoms with van der Waals surface area (Å²) >= 11 is 0. The molecule has 22 heavy (non-hydrogen) atoms. The molecule has 1 N–H and O–H groups in total. The van der Waals surface area contributed by atoms with Gasteiger partial charge in [-0.15, -0.1) is 0 Å². The first-order valence-corrected chi connectivity index (χ1v) is 7.08. The second kappa shape index (κ2) is 6.67. The van der Waals surface area contributed by atoms with Crippen LogP contribution in [0.5, 0.6) is 0 Å². The molecule has 0 saturated heterocycles. The van der Waals surface area contributed by atoms with Crippen LogP contribution in [0.4, 0.5) is 5.69 Å². The van der Waals surface area contributed by atoms with Crippen LogP contribution >= 0.6 is 0 Å². The number of nitrogens with one attached hydrogen (secondary N) is 1. The summed E-state index contributed by atoms with van der Waals surface area (Å²) < 4.78 is 1.76. The van der Waals surface area contributed by atoms with Gasteiger partial charge in [-0.05, 0) is 24.6 Å². The fraction of sp³-hybridized carbons (Fsp3) is 0.118. The summed E-state index contributed by atoms with van der Waals surface area (Å²) in [6.45, 7) is 2.63. The Hall–Kier alpha value is -2.95. The van der Waals surface area contributed by atoms with Crippen molar-refractivity contribution in [3.63, 3.8) is 0 Å². The largest absolute Gasteiger partial charge is 0.278 e. The average Bonchev–Trinajstić information content (AvgIpc) is 3.06. The molecule has 3 aromatic rings. The normalized spacial score (nSPS) is 11.4. The maximum atomic E-state index is 4.55. The molecule has 0 atom stereocenters. The van der Waals surface area contributed by atoms with Crippen LogP contribution in [0.3, 0.4) is 0 Å². The molecule has 0 aliphatic heterocycles. The SMILES string of the molecule is Cc1ccc(/C(Cn2cncn2)=N/Nc2ccccc2)cc1. The Morgan fingerprint density at radius 1 is 1.09 bits per heavy atom. The van der Waals surface area contributed by atoms with Gasteiger partial charge >= 0.3 is 0 Å². The van der Waals surface area contributed by atoms with E-state index in [-0.39, 0.29) is 0 Å². The summed E-state index contributed by atoms with van der Waals surface area (Å²) in [6.07, 6.45) is 3.21. The Balaban J connectivity index is 1.86. The van der Waals surface area contributed by atoms with Gasteiger partial charge < -0.3 is 0 Å². The lowest BCUT2D eigenvalue weighted by atomic mass is 10.1. The number of para-hydroxylation sites is 1. The smallest absolute Gasteiger partial charge is 0.137 e. The van der Waals surface area contributed by atoms with E-state index in [0.29, 0.717) is 6.54 Å². The fourth-order valence-corrected chi connectivity index (χ4v) is 2.05. The zero-order valence-corrected chi connectivity index (χ0v) is 12.3. The quantitative estimate of drug-likeness (QED) is 0.580. The summed E-state index contributed by atoms with van der Waals surface area (Å²) in [7, 11) is 0. The van der Waals surface area contributed by atoms with Crippen LogP contribution in [0.1, 0.15) is 11.1 Å². The summed E-state index contributed by atoms with van der Waals surface area (Å²) in [6, 6.07) is 18.2. The molecule has 2 aromatic carbocycles. The molecule has 110 valence electrons. The number of benzene rings is 2. The first-order chi connectivity index (χ1) is 10.8. The molecule has 0 bridgehead atoms. The van der Waals surface area contributed by atoms with Gasteiger partial charge in [0.15, 0.2) is 0 Å². The molecular weight excluding hydrogens is 274 g/mol. The third-order valence-corrected chi connectivity index (χ3v) is 3.26. The topological polar surface area (TPSA) is 55.1 Å². The van der Waals surface area contributed by atoms with Crippen molar-refractivity contribution >= 4 is 11.4 Å². The van der Waals surface area contributed by atoms with Gasteiger partial charge in [-0.2, -0.15) is 10.2 Å². The van der Waals surface area contributed by atoms with Crippen molar-refractivity contribution in [1.29, 1.82) is 0 Å². The highest BCUT2D eigenvalue weighted by atomic mass is 15.3. The number of aryl methyl sites for hydroxylation is 1. The number of hydrazone groups is 1. The Morgan fingerprint density at radius 2 is 1.86 bits per heavy atom. The number of anilines is 1. The van der Waals surface area contributed by atoms with Gasteiger partial charge in [0.2, 0.25) is 0 Å². The molecule has 5 nitrogen and oxygen atoms in total. The standard InChI is InChI=1S/C17H17N5/c1-14-7-9-15(10-8-14)17(11-22-13-18-12-19-22)21-20-16-5-3-2-4-6-16/h2-10,12-13,20H,11H2,1H3/b21-17+. The zero-order chi connectivity index (χ0) is 15.2. The summed E-state index contributed by atoms with van der Waals surface area (Å²) in [5.41, 5.74) is 7.23. The molecule has 5 heteroatoms. The van der Waals surface area contributed by atoms with E-state index in [0.717, 1.165) is 17.0 Å². The van der Waals surface area contributed by atoms with E-state index in [1.807, 2.05) is 30.3 Å². The molecule has 0 aliphatic rings. The number of aromatic nitrogens is 3. The molecule has 0 unspecified atom stereocenters. The van der Waals surface area contributed by atoms with Crippen LogP contribution in [0.2, 0.25) is 0 Å². The molecule has 3 rings (SSSR count). The third-order valence-electron chi connectivity index (χ3n) is 3.26. The van der Waals surface area contributed by atoms with Crippen molar-refractivity contribution in [2.45, 2.75) is 13.5 Å². The highest BCUT2D eigenvalue weighted by Crippen LogP contribution is 2.09. The lowest BCUT2D eigenvalue weighted by Crippen LogP contribution is -2.14. The van der Waals surface area contributed by atoms with Gasteiger partial charge in [-0.3, -0.25) is 5.43 Å². The molecule has 1 heterocycles. The number of hydrogen-bond acceptors (Lipinski definition) is 4. The second-order valence-electron chi connectivity index (χ2n) is 5.00. The molecule has 0 saturated carbocycles. The highest BCUT2D eigenvalue weighted by Gasteiger charge is 2.06. The Morgan fingerprint density at radius 3 is 2.55 bits per heavy atom. The van der Waals surface area contributed by atoms with Gasteiger partial charge in [0.05, 0.1) is 17.9 Å². The predicted octanol–water partition coefficient (Wildman–Crippen LogP) is 3.10. The van der Waals surface area contributed by atoms with Gasteiger partial charge in [-0.1, -0.05) is 48.0 Å². The maximum Gasteiger partial charge on any atom is 0.137 e. The van der Waals surface area contributed by atoms with Crippen molar-refractivity contribution in [3.8, 4) is 0 Å². The van der Waals surface area contributed by atoms with E-state index < -0.39 is 0 Å². The monoisotopic (exact) mass is 291 g/mol. The van der Waals surface area contributed by atoms with Gasteiger partial charge in [0.25, 0.3) is 0 Å². The Kier molecular flexibility index (Phi) is 4.25. The second-order valence-corrected chi connectivity index (χ2v) is 5.00. The number of nitrogens with zero attached hydrogens (tertiary/aromatic N) is 4. The summed E-state index contributed by atoms with van der Waals surface area (Å²) in [5, 5.41) is 8.70. The minimum atomic E-state index is 0.558. The third kappa shape index (κ3) is 3.58. The van der Waals surface area contributed by atoms with E-state index in [4.69, 9.17) is 0 Å². The van der Waals surface area contributed by atoms with Crippen molar-refractivity contribution in [1.82, 2.24) is 14.8 Å². The first-order valence-electron chi connectivity index (χ1n) is 7.08. The lowest BCUT2D eigenvalue weighted by molar-refractivity contribution is 0.721. The summed E-state index contributed by atoms with van der Waals surface area (Å²) in [4.78, 5) is 3.98. The van der Waals surface area contributed by atoms with Crippen molar-refractivity contribution in [3.05, 3.63) is 78.4 Å². The van der Waals surface area contributed by atoms with Gasteiger partial charge in [0.1, 0.15) is 12.7 Å². The Bertz CT molecular complexity index is 730. The van der Waals surface area contributed by atoms with E-state index in [2.05, 4.69) is 51.8 Å². The minimum absolute atomic E-state index is 0.558. The van der Waals surface area contributed by atoms with Gasteiger partial charge in [0, 0.05) is 0 Å². The molecule has 0 aliphatic carbocycles. The van der Waals surface area contributed by atoms with Crippen LogP contribution in [-0.4, -0.2) is 20.5 Å². The first kappa shape index (κ1) is 14.0. The molecule has 0 radical (unpaired) electrons. The molecule has 0 amide bonds. The molecule has 0 fully saturated rings. The zero-order valence-electron chi connectivity index (χ0n) is 12.3. The molecular formula is C17H17N5. The maximum absolute atomic E-state index is 4.55. The Labute approximate surface area is 129 Å². The van der Waals surface area contributed by atoms with E-state index in [9.17, 15) is 0 Å². The van der Waals surface area contributed by atoms with Crippen molar-refractivity contribution in [2.75, 3.05) is 5.43 Å².